The Bertz CT molecular complexity index is 592. The molecule has 0 saturated carbocycles. The Balaban J connectivity index is 0.000000345. The Kier molecular flexibility index (Phi) is 8.60. The minimum absolute atomic E-state index is 0.416. The molecule has 2 saturated heterocycles. The van der Waals surface area contributed by atoms with E-state index in [0.29, 0.717) is 18.2 Å². The molecule has 28 heavy (non-hydrogen) atoms. The lowest BCUT2D eigenvalue weighted by molar-refractivity contribution is -0.192. The summed E-state index contributed by atoms with van der Waals surface area (Å²) in [5.41, 5.74) is 1.45. The molecule has 2 aliphatic rings. The molecule has 0 amide bonds. The van der Waals surface area contributed by atoms with Gasteiger partial charge < -0.3 is 15.2 Å². The second-order valence-electron chi connectivity index (χ2n) is 7.61. The lowest BCUT2D eigenvalue weighted by Crippen LogP contribution is -2.42. The minimum atomic E-state index is -5.08. The molecule has 3 rings (SSSR count). The molecule has 2 N–H and O–H groups in total. The van der Waals surface area contributed by atoms with Gasteiger partial charge in [-0.15, -0.1) is 0 Å². The third-order valence-electron chi connectivity index (χ3n) is 5.22. The fraction of sp³-hybridized carbons (Fsp3) is 0.667. The number of ether oxygens (including phenoxy) is 1. The van der Waals surface area contributed by atoms with Crippen LogP contribution >= 0.6 is 0 Å². The number of carbonyl (C=O) groups is 1. The van der Waals surface area contributed by atoms with Gasteiger partial charge in [0.1, 0.15) is 11.9 Å². The van der Waals surface area contributed by atoms with E-state index in [-0.39, 0.29) is 0 Å². The zero-order chi connectivity index (χ0) is 20.6. The van der Waals surface area contributed by atoms with Gasteiger partial charge in [-0.05, 0) is 56.2 Å². The number of hydrogen-bond acceptors (Lipinski definition) is 3. The number of unbranched alkanes of at least 4 members (excludes halogenated alkanes) is 3. The molecular weight excluding hydrogens is 371 g/mol. The van der Waals surface area contributed by atoms with E-state index in [2.05, 4.69) is 36.5 Å². The van der Waals surface area contributed by atoms with Gasteiger partial charge in [-0.25, -0.2) is 4.79 Å². The third-order valence-corrected chi connectivity index (χ3v) is 5.22. The highest BCUT2D eigenvalue weighted by Gasteiger charge is 2.38. The quantitative estimate of drug-likeness (QED) is 0.624. The number of rotatable bonds is 7. The van der Waals surface area contributed by atoms with Crippen LogP contribution in [0.4, 0.5) is 13.2 Å². The van der Waals surface area contributed by atoms with Gasteiger partial charge in [0.2, 0.25) is 0 Å². The molecule has 1 aromatic carbocycles. The fourth-order valence-corrected chi connectivity index (χ4v) is 3.78. The maximum absolute atomic E-state index is 10.6. The fourth-order valence-electron chi connectivity index (χ4n) is 3.78. The van der Waals surface area contributed by atoms with Gasteiger partial charge in [-0.1, -0.05) is 38.3 Å². The van der Waals surface area contributed by atoms with Gasteiger partial charge in [-0.2, -0.15) is 13.2 Å². The first-order valence-electron chi connectivity index (χ1n) is 10.1. The summed E-state index contributed by atoms with van der Waals surface area (Å²) in [5, 5.41) is 10.8. The van der Waals surface area contributed by atoms with Crippen molar-refractivity contribution in [1.29, 1.82) is 0 Å². The van der Waals surface area contributed by atoms with Crippen LogP contribution in [0.1, 0.15) is 63.9 Å². The Morgan fingerprint density at radius 2 is 1.68 bits per heavy atom. The molecule has 0 aliphatic carbocycles. The van der Waals surface area contributed by atoms with Crippen molar-refractivity contribution in [2.45, 2.75) is 89.1 Å². The van der Waals surface area contributed by atoms with Crippen LogP contribution in [0, 0.1) is 0 Å². The molecule has 2 heterocycles. The first-order valence-corrected chi connectivity index (χ1v) is 10.1. The van der Waals surface area contributed by atoms with Gasteiger partial charge in [0.05, 0.1) is 0 Å². The number of nitrogens with one attached hydrogen (secondary N) is 1. The summed E-state index contributed by atoms with van der Waals surface area (Å²) in [6, 6.07) is 10.2. The van der Waals surface area contributed by atoms with E-state index in [4.69, 9.17) is 14.6 Å². The van der Waals surface area contributed by atoms with Crippen molar-refractivity contribution >= 4 is 5.97 Å². The van der Waals surface area contributed by atoms with Crippen LogP contribution < -0.4 is 10.1 Å². The van der Waals surface area contributed by atoms with Crippen LogP contribution in [0.5, 0.6) is 5.75 Å². The van der Waals surface area contributed by atoms with E-state index in [9.17, 15) is 13.2 Å². The number of carboxylic acid groups (broad SMARTS) is 1. The number of alkyl halides is 3. The van der Waals surface area contributed by atoms with E-state index in [1.165, 1.54) is 63.4 Å². The normalized spacial score (nSPS) is 23.6. The summed E-state index contributed by atoms with van der Waals surface area (Å²) in [4.78, 5) is 8.90. The number of fused-ring (bicyclic) bond motifs is 2. The molecule has 3 atom stereocenters. The summed E-state index contributed by atoms with van der Waals surface area (Å²) in [5.74, 6) is -1.70. The molecule has 2 fully saturated rings. The second kappa shape index (κ2) is 10.7. The largest absolute Gasteiger partial charge is 0.490 e. The smallest absolute Gasteiger partial charge is 0.490 e. The summed E-state index contributed by atoms with van der Waals surface area (Å²) < 4.78 is 37.9. The van der Waals surface area contributed by atoms with Crippen LogP contribution in [0.3, 0.4) is 0 Å². The van der Waals surface area contributed by atoms with Crippen LogP contribution in [-0.4, -0.2) is 35.4 Å². The van der Waals surface area contributed by atoms with Crippen molar-refractivity contribution in [3.05, 3.63) is 29.8 Å². The van der Waals surface area contributed by atoms with Gasteiger partial charge in [0, 0.05) is 12.1 Å². The average molecular weight is 401 g/mol. The molecule has 0 radical (unpaired) electrons. The highest BCUT2D eigenvalue weighted by molar-refractivity contribution is 5.73. The standard InChI is InChI=1S/C19H29NO.C2HF3O2/c1-2-3-4-5-6-15-7-11-18(12-8-15)21-19-13-16-9-10-17(14-19)20-16;3-2(4,5)1(6)7/h7-8,11-12,16-17,19-20H,2-6,9-10,13-14H2,1H3;(H,6,7)/t16-,17+,19-;. The molecular formula is C21H30F3NO3. The van der Waals surface area contributed by atoms with Gasteiger partial charge in [0.15, 0.2) is 0 Å². The van der Waals surface area contributed by atoms with Gasteiger partial charge >= 0.3 is 12.1 Å². The van der Waals surface area contributed by atoms with E-state index >= 15 is 0 Å². The Morgan fingerprint density at radius 3 is 2.18 bits per heavy atom. The summed E-state index contributed by atoms with van der Waals surface area (Å²) in [7, 11) is 0. The molecule has 2 aliphatic heterocycles. The van der Waals surface area contributed by atoms with Crippen LogP contribution in [0.2, 0.25) is 0 Å². The Hall–Kier alpha value is -1.76. The van der Waals surface area contributed by atoms with Crippen molar-refractivity contribution in [2.75, 3.05) is 0 Å². The predicted molar refractivity (Wildman–Crippen MR) is 102 cm³/mol. The number of aliphatic carboxylic acids is 1. The van der Waals surface area contributed by atoms with Gasteiger partial charge in [-0.3, -0.25) is 0 Å². The molecule has 1 aromatic rings. The third kappa shape index (κ3) is 7.70. The van der Waals surface area contributed by atoms with Gasteiger partial charge in [0.25, 0.3) is 0 Å². The van der Waals surface area contributed by atoms with Crippen molar-refractivity contribution in [1.82, 2.24) is 5.32 Å². The predicted octanol–water partition coefficient (Wildman–Crippen LogP) is 5.10. The molecule has 2 bridgehead atoms. The molecule has 4 nitrogen and oxygen atoms in total. The van der Waals surface area contributed by atoms with Crippen molar-refractivity contribution < 1.29 is 27.8 Å². The Morgan fingerprint density at radius 1 is 1.11 bits per heavy atom. The monoisotopic (exact) mass is 401 g/mol. The summed E-state index contributed by atoms with van der Waals surface area (Å²) in [6.07, 6.45) is 6.90. The van der Waals surface area contributed by atoms with Crippen LogP contribution in [0.25, 0.3) is 0 Å². The first kappa shape index (κ1) is 22.5. The number of carboxylic acids is 1. The highest BCUT2D eigenvalue weighted by Crippen LogP contribution is 2.29. The molecule has 158 valence electrons. The number of benzene rings is 1. The first-order chi connectivity index (χ1) is 13.3. The van der Waals surface area contributed by atoms with E-state index in [0.717, 1.165) is 5.75 Å². The maximum atomic E-state index is 10.6. The van der Waals surface area contributed by atoms with Crippen molar-refractivity contribution in [2.24, 2.45) is 0 Å². The number of hydrogen-bond donors (Lipinski definition) is 2. The SMILES string of the molecule is CCCCCCc1ccc(O[C@@H]2C[C@H]3CC[C@@H](C2)N3)cc1.O=C(O)C(F)(F)F. The number of halogens is 3. The molecule has 0 unspecified atom stereocenters. The van der Waals surface area contributed by atoms with Crippen LogP contribution in [0.15, 0.2) is 24.3 Å². The maximum Gasteiger partial charge on any atom is 0.490 e. The lowest BCUT2D eigenvalue weighted by atomic mass is 10.0. The number of aryl methyl sites for hydroxylation is 1. The molecule has 0 aromatic heterocycles. The summed E-state index contributed by atoms with van der Waals surface area (Å²) in [6.45, 7) is 2.26. The lowest BCUT2D eigenvalue weighted by Gasteiger charge is -2.29. The van der Waals surface area contributed by atoms with E-state index in [1.807, 2.05) is 0 Å². The average Bonchev–Trinajstić information content (AvgIpc) is 2.98. The minimum Gasteiger partial charge on any atom is -0.490 e. The zero-order valence-electron chi connectivity index (χ0n) is 16.3. The zero-order valence-corrected chi connectivity index (χ0v) is 16.3. The highest BCUT2D eigenvalue weighted by atomic mass is 19.4. The van der Waals surface area contributed by atoms with Crippen LogP contribution in [-0.2, 0) is 11.2 Å². The Labute approximate surface area is 164 Å². The molecule has 0 spiro atoms. The summed E-state index contributed by atoms with van der Waals surface area (Å²) >= 11 is 0. The van der Waals surface area contributed by atoms with E-state index < -0.39 is 12.1 Å². The van der Waals surface area contributed by atoms with Crippen molar-refractivity contribution in [3.8, 4) is 5.75 Å². The second-order valence-corrected chi connectivity index (χ2v) is 7.61. The topological polar surface area (TPSA) is 58.6 Å². The number of piperidine rings is 1. The van der Waals surface area contributed by atoms with E-state index in [1.54, 1.807) is 0 Å². The van der Waals surface area contributed by atoms with Crippen molar-refractivity contribution in [3.63, 3.8) is 0 Å². The molecule has 7 heteroatoms.